The molecule has 0 N–H and O–H groups in total. The molecule has 1 aromatic rings. The lowest BCUT2D eigenvalue weighted by Gasteiger charge is -2.36. The summed E-state index contributed by atoms with van der Waals surface area (Å²) >= 11 is 0. The number of nitriles is 1. The van der Waals surface area contributed by atoms with E-state index in [2.05, 4.69) is 6.07 Å². The molecule has 5 heteroatoms. The van der Waals surface area contributed by atoms with E-state index in [1.54, 1.807) is 0 Å². The summed E-state index contributed by atoms with van der Waals surface area (Å²) in [7, 11) is 0. The number of carbonyl (C=O) groups is 1. The molecule has 1 saturated carbocycles. The second-order valence-corrected chi connectivity index (χ2v) is 6.51. The van der Waals surface area contributed by atoms with Crippen LogP contribution in [0.1, 0.15) is 43.7 Å². The van der Waals surface area contributed by atoms with E-state index in [4.69, 9.17) is 14.2 Å². The summed E-state index contributed by atoms with van der Waals surface area (Å²) < 4.78 is 16.7. The molecule has 1 fully saturated rings. The molecule has 0 amide bonds. The van der Waals surface area contributed by atoms with E-state index in [9.17, 15) is 10.1 Å². The summed E-state index contributed by atoms with van der Waals surface area (Å²) in [5.74, 6) is 1.21. The number of esters is 1. The maximum Gasteiger partial charge on any atom is 0.308 e. The number of hydrogen-bond donors (Lipinski definition) is 0. The van der Waals surface area contributed by atoms with Gasteiger partial charge in [-0.3, -0.25) is 4.79 Å². The average Bonchev–Trinajstić information content (AvgIpc) is 2.62. The molecule has 3 rings (SSSR count). The Bertz CT molecular complexity index is 669. The smallest absolute Gasteiger partial charge is 0.308 e. The quantitative estimate of drug-likeness (QED) is 0.796. The number of hydrogen-bond acceptors (Lipinski definition) is 5. The maximum absolute atomic E-state index is 12.0. The number of aryl methyl sites for hydroxylation is 1. The van der Waals surface area contributed by atoms with Gasteiger partial charge in [0, 0.05) is 5.56 Å². The van der Waals surface area contributed by atoms with E-state index in [-0.39, 0.29) is 11.9 Å². The lowest BCUT2D eigenvalue weighted by Crippen LogP contribution is -2.34. The van der Waals surface area contributed by atoms with Crippen molar-refractivity contribution in [2.24, 2.45) is 5.92 Å². The Labute approximate surface area is 142 Å². The van der Waals surface area contributed by atoms with E-state index < -0.39 is 5.41 Å². The second kappa shape index (κ2) is 6.72. The molecule has 1 aromatic carbocycles. The lowest BCUT2D eigenvalue weighted by atomic mass is 9.67. The van der Waals surface area contributed by atoms with Crippen LogP contribution in [-0.4, -0.2) is 25.8 Å². The van der Waals surface area contributed by atoms with Crippen molar-refractivity contribution in [1.82, 2.24) is 0 Å². The maximum atomic E-state index is 12.0. The van der Waals surface area contributed by atoms with Gasteiger partial charge in [0.2, 0.25) is 0 Å². The molecule has 0 saturated heterocycles. The SMILES string of the molecule is CCOC(=O)C1CCC(C#N)(c2ccc(C)c3c2OCCO3)CC1. The van der Waals surface area contributed by atoms with Crippen LogP contribution >= 0.6 is 0 Å². The van der Waals surface area contributed by atoms with Gasteiger partial charge in [0.25, 0.3) is 0 Å². The standard InChI is InChI=1S/C19H23NO4/c1-3-22-18(21)14-6-8-19(12-20,9-7-14)15-5-4-13(2)16-17(15)24-11-10-23-16/h4-5,14H,3,6-11H2,1-2H3. The number of benzene rings is 1. The van der Waals surface area contributed by atoms with E-state index in [0.29, 0.717) is 51.3 Å². The van der Waals surface area contributed by atoms with Crippen molar-refractivity contribution in [2.45, 2.75) is 44.9 Å². The summed E-state index contributed by atoms with van der Waals surface area (Å²) in [4.78, 5) is 12.0. The van der Waals surface area contributed by atoms with Gasteiger partial charge in [0.05, 0.1) is 24.0 Å². The van der Waals surface area contributed by atoms with Gasteiger partial charge in [-0.05, 0) is 45.1 Å². The zero-order valence-electron chi connectivity index (χ0n) is 14.3. The summed E-state index contributed by atoms with van der Waals surface area (Å²) in [5.41, 5.74) is 1.29. The van der Waals surface area contributed by atoms with Gasteiger partial charge >= 0.3 is 5.97 Å². The Morgan fingerprint density at radius 2 is 1.96 bits per heavy atom. The largest absolute Gasteiger partial charge is 0.486 e. The molecule has 1 heterocycles. The number of fused-ring (bicyclic) bond motifs is 1. The fraction of sp³-hybridized carbons (Fsp3) is 0.579. The van der Waals surface area contributed by atoms with Crippen molar-refractivity contribution in [3.63, 3.8) is 0 Å². The van der Waals surface area contributed by atoms with Crippen LogP contribution in [0.4, 0.5) is 0 Å². The van der Waals surface area contributed by atoms with Gasteiger partial charge in [-0.1, -0.05) is 12.1 Å². The first-order valence-corrected chi connectivity index (χ1v) is 8.59. The molecule has 0 unspecified atom stereocenters. The second-order valence-electron chi connectivity index (χ2n) is 6.51. The topological polar surface area (TPSA) is 68.6 Å². The highest BCUT2D eigenvalue weighted by Gasteiger charge is 2.42. The van der Waals surface area contributed by atoms with Gasteiger partial charge in [-0.25, -0.2) is 0 Å². The normalized spacial score (nSPS) is 25.6. The molecule has 24 heavy (non-hydrogen) atoms. The Morgan fingerprint density at radius 1 is 1.29 bits per heavy atom. The number of carbonyl (C=O) groups excluding carboxylic acids is 1. The van der Waals surface area contributed by atoms with Crippen molar-refractivity contribution in [2.75, 3.05) is 19.8 Å². The van der Waals surface area contributed by atoms with Gasteiger partial charge in [-0.2, -0.15) is 5.26 Å². The van der Waals surface area contributed by atoms with E-state index in [1.807, 2.05) is 26.0 Å². The van der Waals surface area contributed by atoms with Gasteiger partial charge in [-0.15, -0.1) is 0 Å². The van der Waals surface area contributed by atoms with Crippen molar-refractivity contribution in [3.8, 4) is 17.6 Å². The Morgan fingerprint density at radius 3 is 2.58 bits per heavy atom. The average molecular weight is 329 g/mol. The Kier molecular flexibility index (Phi) is 4.66. The fourth-order valence-electron chi connectivity index (χ4n) is 3.70. The predicted molar refractivity (Wildman–Crippen MR) is 88.1 cm³/mol. The fourth-order valence-corrected chi connectivity index (χ4v) is 3.70. The summed E-state index contributed by atoms with van der Waals surface area (Å²) in [6.45, 7) is 5.22. The first kappa shape index (κ1) is 16.6. The van der Waals surface area contributed by atoms with Crippen molar-refractivity contribution < 1.29 is 19.0 Å². The molecular weight excluding hydrogens is 306 g/mol. The first-order chi connectivity index (χ1) is 11.6. The highest BCUT2D eigenvalue weighted by molar-refractivity contribution is 5.72. The van der Waals surface area contributed by atoms with E-state index in [0.717, 1.165) is 16.9 Å². The van der Waals surface area contributed by atoms with Crippen LogP contribution in [0.15, 0.2) is 12.1 Å². The van der Waals surface area contributed by atoms with Crippen LogP contribution in [0.25, 0.3) is 0 Å². The van der Waals surface area contributed by atoms with Crippen LogP contribution < -0.4 is 9.47 Å². The van der Waals surface area contributed by atoms with Gasteiger partial charge < -0.3 is 14.2 Å². The number of nitrogens with zero attached hydrogens (tertiary/aromatic N) is 1. The van der Waals surface area contributed by atoms with Gasteiger partial charge in [0.1, 0.15) is 13.2 Å². The van der Waals surface area contributed by atoms with E-state index >= 15 is 0 Å². The Balaban J connectivity index is 1.88. The summed E-state index contributed by atoms with van der Waals surface area (Å²) in [6, 6.07) is 6.48. The van der Waals surface area contributed by atoms with Crippen LogP contribution in [0, 0.1) is 24.2 Å². The molecule has 0 bridgehead atoms. The molecular formula is C19H23NO4. The minimum absolute atomic E-state index is 0.107. The Hall–Kier alpha value is -2.22. The van der Waals surface area contributed by atoms with Crippen molar-refractivity contribution in [1.29, 1.82) is 5.26 Å². The van der Waals surface area contributed by atoms with E-state index in [1.165, 1.54) is 0 Å². The summed E-state index contributed by atoms with van der Waals surface area (Å²) in [5, 5.41) is 9.93. The van der Waals surface area contributed by atoms with Crippen LogP contribution in [-0.2, 0) is 14.9 Å². The molecule has 128 valence electrons. The molecule has 0 aromatic heterocycles. The van der Waals surface area contributed by atoms with Crippen molar-refractivity contribution in [3.05, 3.63) is 23.3 Å². The van der Waals surface area contributed by atoms with Crippen LogP contribution in [0.5, 0.6) is 11.5 Å². The molecule has 0 spiro atoms. The highest BCUT2D eigenvalue weighted by atomic mass is 16.6. The molecule has 2 aliphatic rings. The minimum atomic E-state index is -0.624. The zero-order chi connectivity index (χ0) is 17.2. The predicted octanol–water partition coefficient (Wildman–Crippen LogP) is 3.28. The van der Waals surface area contributed by atoms with Gasteiger partial charge in [0.15, 0.2) is 11.5 Å². The summed E-state index contributed by atoms with van der Waals surface area (Å²) in [6.07, 6.45) is 2.59. The third-order valence-corrected chi connectivity index (χ3v) is 5.07. The van der Waals surface area contributed by atoms with Crippen molar-refractivity contribution >= 4 is 5.97 Å². The minimum Gasteiger partial charge on any atom is -0.486 e. The number of rotatable bonds is 3. The molecule has 5 nitrogen and oxygen atoms in total. The molecule has 1 aliphatic carbocycles. The lowest BCUT2D eigenvalue weighted by molar-refractivity contribution is -0.149. The highest BCUT2D eigenvalue weighted by Crippen LogP contribution is 2.49. The molecule has 0 atom stereocenters. The molecule has 1 aliphatic heterocycles. The third-order valence-electron chi connectivity index (χ3n) is 5.07. The number of ether oxygens (including phenoxy) is 3. The van der Waals surface area contributed by atoms with Crippen LogP contribution in [0.2, 0.25) is 0 Å². The zero-order valence-corrected chi connectivity index (χ0v) is 14.3. The molecule has 0 radical (unpaired) electrons. The van der Waals surface area contributed by atoms with Crippen LogP contribution in [0.3, 0.4) is 0 Å². The third kappa shape index (κ3) is 2.82. The first-order valence-electron chi connectivity index (χ1n) is 8.59. The monoisotopic (exact) mass is 329 g/mol.